The lowest BCUT2D eigenvalue weighted by Gasteiger charge is -2.08. The minimum atomic E-state index is -1.31. The quantitative estimate of drug-likeness (QED) is 0.803. The highest BCUT2D eigenvalue weighted by atomic mass is 79.9. The highest BCUT2D eigenvalue weighted by Crippen LogP contribution is 2.21. The Balaban J connectivity index is 2.30. The van der Waals surface area contributed by atoms with E-state index in [1.807, 2.05) is 0 Å². The van der Waals surface area contributed by atoms with Gasteiger partial charge in [-0.2, -0.15) is 0 Å². The van der Waals surface area contributed by atoms with Crippen molar-refractivity contribution >= 4 is 27.5 Å². The third-order valence-corrected chi connectivity index (χ3v) is 3.02. The number of rotatable bonds is 2. The van der Waals surface area contributed by atoms with Crippen molar-refractivity contribution in [3.63, 3.8) is 0 Å². The Hall–Kier alpha value is -1.82. The zero-order chi connectivity index (χ0) is 14.9. The predicted molar refractivity (Wildman–Crippen MR) is 73.1 cm³/mol. The topological polar surface area (TPSA) is 29.1 Å². The van der Waals surface area contributed by atoms with Crippen LogP contribution in [0.2, 0.25) is 0 Å². The Morgan fingerprint density at radius 3 is 2.30 bits per heavy atom. The number of nitrogens with one attached hydrogen (secondary N) is 1. The standard InChI is InChI=1S/C14H9BrF3NO/c1-7-2-8(4-9(15)3-7)14(20)19-13-6-11(17)10(16)5-12(13)18/h2-6H,1H3,(H,19,20). The fraction of sp³-hybridized carbons (Fsp3) is 0.0714. The van der Waals surface area contributed by atoms with E-state index in [1.165, 1.54) is 0 Å². The molecule has 0 radical (unpaired) electrons. The van der Waals surface area contributed by atoms with E-state index >= 15 is 0 Å². The first-order valence-electron chi connectivity index (χ1n) is 5.60. The van der Waals surface area contributed by atoms with Gasteiger partial charge in [-0.15, -0.1) is 0 Å². The van der Waals surface area contributed by atoms with Crippen LogP contribution in [0.4, 0.5) is 18.9 Å². The van der Waals surface area contributed by atoms with Crippen molar-refractivity contribution in [1.29, 1.82) is 0 Å². The van der Waals surface area contributed by atoms with Crippen LogP contribution in [0, 0.1) is 24.4 Å². The van der Waals surface area contributed by atoms with E-state index in [9.17, 15) is 18.0 Å². The van der Waals surface area contributed by atoms with Crippen molar-refractivity contribution in [2.75, 3.05) is 5.32 Å². The van der Waals surface area contributed by atoms with Gasteiger partial charge in [-0.05, 0) is 30.7 Å². The first-order valence-corrected chi connectivity index (χ1v) is 6.39. The number of anilines is 1. The molecule has 20 heavy (non-hydrogen) atoms. The monoisotopic (exact) mass is 343 g/mol. The van der Waals surface area contributed by atoms with Gasteiger partial charge in [0, 0.05) is 22.2 Å². The molecule has 0 spiro atoms. The number of carbonyl (C=O) groups is 1. The van der Waals surface area contributed by atoms with Crippen LogP contribution in [0.15, 0.2) is 34.8 Å². The molecule has 0 bridgehead atoms. The highest BCUT2D eigenvalue weighted by molar-refractivity contribution is 9.10. The molecule has 104 valence electrons. The number of halogens is 4. The summed E-state index contributed by atoms with van der Waals surface area (Å²) in [6.45, 7) is 1.79. The number of carbonyl (C=O) groups excluding carboxylic acids is 1. The highest BCUT2D eigenvalue weighted by Gasteiger charge is 2.14. The van der Waals surface area contributed by atoms with Gasteiger partial charge in [-0.25, -0.2) is 13.2 Å². The summed E-state index contributed by atoms with van der Waals surface area (Å²) in [5.74, 6) is -4.19. The average Bonchev–Trinajstić information content (AvgIpc) is 2.34. The van der Waals surface area contributed by atoms with Gasteiger partial charge in [0.2, 0.25) is 0 Å². The fourth-order valence-electron chi connectivity index (χ4n) is 1.68. The fourth-order valence-corrected chi connectivity index (χ4v) is 2.29. The summed E-state index contributed by atoms with van der Waals surface area (Å²) >= 11 is 3.24. The second-order valence-electron chi connectivity index (χ2n) is 4.22. The molecule has 0 saturated heterocycles. The molecule has 0 unspecified atom stereocenters. The SMILES string of the molecule is Cc1cc(Br)cc(C(=O)Nc2cc(F)c(F)cc2F)c1. The van der Waals surface area contributed by atoms with E-state index < -0.39 is 29.0 Å². The number of hydrogen-bond acceptors (Lipinski definition) is 1. The van der Waals surface area contributed by atoms with Crippen LogP contribution in [0.5, 0.6) is 0 Å². The zero-order valence-electron chi connectivity index (χ0n) is 10.3. The van der Waals surface area contributed by atoms with Gasteiger partial charge in [0.1, 0.15) is 5.82 Å². The molecule has 1 N–H and O–H groups in total. The maximum atomic E-state index is 13.4. The van der Waals surface area contributed by atoms with Crippen LogP contribution in [-0.2, 0) is 0 Å². The number of aryl methyl sites for hydroxylation is 1. The Morgan fingerprint density at radius 1 is 1.00 bits per heavy atom. The van der Waals surface area contributed by atoms with Gasteiger partial charge in [-0.1, -0.05) is 15.9 Å². The van der Waals surface area contributed by atoms with Gasteiger partial charge in [0.05, 0.1) is 5.69 Å². The molecule has 0 fully saturated rings. The van der Waals surface area contributed by atoms with Crippen LogP contribution in [0.3, 0.4) is 0 Å². The number of benzene rings is 2. The molecule has 0 aliphatic heterocycles. The lowest BCUT2D eigenvalue weighted by Crippen LogP contribution is -2.13. The van der Waals surface area contributed by atoms with Crippen molar-refractivity contribution in [2.45, 2.75) is 6.92 Å². The third kappa shape index (κ3) is 3.19. The molecule has 2 rings (SSSR count). The molecule has 1 amide bonds. The molecular formula is C14H9BrF3NO. The van der Waals surface area contributed by atoms with Crippen molar-refractivity contribution in [2.24, 2.45) is 0 Å². The van der Waals surface area contributed by atoms with E-state index in [0.717, 1.165) is 5.56 Å². The average molecular weight is 344 g/mol. The summed E-state index contributed by atoms with van der Waals surface area (Å²) < 4.78 is 40.0. The van der Waals surface area contributed by atoms with Crippen molar-refractivity contribution in [1.82, 2.24) is 0 Å². The summed E-state index contributed by atoms with van der Waals surface area (Å²) in [5, 5.41) is 2.21. The second-order valence-corrected chi connectivity index (χ2v) is 5.13. The molecule has 0 aliphatic carbocycles. The van der Waals surface area contributed by atoms with Gasteiger partial charge in [-0.3, -0.25) is 4.79 Å². The lowest BCUT2D eigenvalue weighted by molar-refractivity contribution is 0.102. The largest absolute Gasteiger partial charge is 0.319 e. The van der Waals surface area contributed by atoms with Gasteiger partial charge < -0.3 is 5.32 Å². The van der Waals surface area contributed by atoms with Crippen LogP contribution in [0.25, 0.3) is 0 Å². The van der Waals surface area contributed by atoms with E-state index in [2.05, 4.69) is 21.2 Å². The minimum Gasteiger partial charge on any atom is -0.319 e. The Bertz CT molecular complexity index is 668. The summed E-state index contributed by atoms with van der Waals surface area (Å²) in [5.41, 5.74) is 0.697. The third-order valence-electron chi connectivity index (χ3n) is 2.56. The van der Waals surface area contributed by atoms with E-state index in [4.69, 9.17) is 0 Å². The Labute approximate surface area is 121 Å². The van der Waals surface area contributed by atoms with Crippen LogP contribution in [0.1, 0.15) is 15.9 Å². The molecule has 2 nitrogen and oxygen atoms in total. The van der Waals surface area contributed by atoms with E-state index in [-0.39, 0.29) is 5.56 Å². The number of amides is 1. The molecule has 0 saturated carbocycles. The lowest BCUT2D eigenvalue weighted by atomic mass is 10.1. The molecular weight excluding hydrogens is 335 g/mol. The van der Waals surface area contributed by atoms with Gasteiger partial charge in [0.25, 0.3) is 5.91 Å². The molecule has 6 heteroatoms. The smallest absolute Gasteiger partial charge is 0.255 e. The van der Waals surface area contributed by atoms with E-state index in [1.54, 1.807) is 25.1 Å². The predicted octanol–water partition coefficient (Wildman–Crippen LogP) is 4.43. The summed E-state index contributed by atoms with van der Waals surface area (Å²) in [6, 6.07) is 5.93. The molecule has 0 aromatic heterocycles. The Kier molecular flexibility index (Phi) is 4.13. The van der Waals surface area contributed by atoms with Gasteiger partial charge >= 0.3 is 0 Å². The van der Waals surface area contributed by atoms with Crippen molar-refractivity contribution in [3.05, 3.63) is 63.4 Å². The second kappa shape index (κ2) is 5.66. The molecule has 0 heterocycles. The summed E-state index contributed by atoms with van der Waals surface area (Å²) in [6.07, 6.45) is 0. The zero-order valence-corrected chi connectivity index (χ0v) is 11.9. The van der Waals surface area contributed by atoms with Crippen molar-refractivity contribution in [3.8, 4) is 0 Å². The van der Waals surface area contributed by atoms with Gasteiger partial charge in [0.15, 0.2) is 11.6 Å². The van der Waals surface area contributed by atoms with Crippen LogP contribution in [-0.4, -0.2) is 5.91 Å². The van der Waals surface area contributed by atoms with Crippen molar-refractivity contribution < 1.29 is 18.0 Å². The summed E-state index contributed by atoms with van der Waals surface area (Å²) in [7, 11) is 0. The minimum absolute atomic E-state index is 0.279. The first-order chi connectivity index (χ1) is 9.36. The number of hydrogen-bond donors (Lipinski definition) is 1. The Morgan fingerprint density at radius 2 is 1.65 bits per heavy atom. The van der Waals surface area contributed by atoms with E-state index in [0.29, 0.717) is 16.6 Å². The molecule has 2 aromatic rings. The molecule has 0 atom stereocenters. The maximum Gasteiger partial charge on any atom is 0.255 e. The summed E-state index contributed by atoms with van der Waals surface area (Å²) in [4.78, 5) is 12.0. The van der Waals surface area contributed by atoms with Crippen LogP contribution >= 0.6 is 15.9 Å². The maximum absolute atomic E-state index is 13.4. The van der Waals surface area contributed by atoms with Crippen LogP contribution < -0.4 is 5.32 Å². The molecule has 0 aliphatic rings. The first kappa shape index (κ1) is 14.6. The molecule has 2 aromatic carbocycles. The normalized spacial score (nSPS) is 10.4.